The highest BCUT2D eigenvalue weighted by molar-refractivity contribution is 5.68. The number of nitrogen functional groups attached to an aromatic ring is 1. The van der Waals surface area contributed by atoms with Crippen molar-refractivity contribution in [2.24, 2.45) is 0 Å². The lowest BCUT2D eigenvalue weighted by molar-refractivity contribution is -0.177. The Morgan fingerprint density at radius 2 is 2.00 bits per heavy atom. The number of nitrogens with one attached hydrogen (secondary N) is 2. The van der Waals surface area contributed by atoms with Gasteiger partial charge >= 0.3 is 0 Å². The Balaban J connectivity index is 1.56. The summed E-state index contributed by atoms with van der Waals surface area (Å²) in [6, 6.07) is 1.93. The minimum Gasteiger partial charge on any atom is -0.396 e. The first-order valence-electron chi connectivity index (χ1n) is 7.88. The van der Waals surface area contributed by atoms with Crippen LogP contribution in [0.2, 0.25) is 0 Å². The van der Waals surface area contributed by atoms with Crippen LogP contribution in [0.3, 0.4) is 0 Å². The maximum atomic E-state index is 12.3. The fraction of sp³-hybridized carbons (Fsp3) is 0.667. The Labute approximate surface area is 133 Å². The van der Waals surface area contributed by atoms with Gasteiger partial charge in [0.15, 0.2) is 5.79 Å². The molecule has 6 nitrogen and oxygen atoms in total. The van der Waals surface area contributed by atoms with E-state index in [9.17, 15) is 8.78 Å². The van der Waals surface area contributed by atoms with Gasteiger partial charge in [0.2, 0.25) is 0 Å². The molecule has 1 spiro atoms. The molecule has 2 fully saturated rings. The van der Waals surface area contributed by atoms with Crippen LogP contribution in [0.5, 0.6) is 0 Å². The van der Waals surface area contributed by atoms with E-state index in [0.29, 0.717) is 30.4 Å². The van der Waals surface area contributed by atoms with Crippen molar-refractivity contribution in [3.05, 3.63) is 12.3 Å². The van der Waals surface area contributed by atoms with Crippen LogP contribution in [0.4, 0.5) is 26.0 Å². The molecule has 1 aromatic rings. The van der Waals surface area contributed by atoms with Crippen molar-refractivity contribution in [2.75, 3.05) is 36.1 Å². The minimum absolute atomic E-state index is 0.257. The van der Waals surface area contributed by atoms with E-state index >= 15 is 0 Å². The normalized spacial score (nSPS) is 21.0. The van der Waals surface area contributed by atoms with E-state index in [1.807, 2.05) is 0 Å². The average molecular weight is 328 g/mol. The van der Waals surface area contributed by atoms with Gasteiger partial charge in [-0.05, 0) is 12.8 Å². The topological polar surface area (TPSA) is 81.4 Å². The van der Waals surface area contributed by atoms with Crippen molar-refractivity contribution >= 4 is 17.2 Å². The van der Waals surface area contributed by atoms with Gasteiger partial charge in [-0.1, -0.05) is 0 Å². The van der Waals surface area contributed by atoms with E-state index in [4.69, 9.17) is 15.2 Å². The van der Waals surface area contributed by atoms with Crippen LogP contribution in [0.25, 0.3) is 0 Å². The summed E-state index contributed by atoms with van der Waals surface area (Å²) in [6.45, 7) is 0.891. The molecular formula is C15H22F2N4O2. The quantitative estimate of drug-likeness (QED) is 0.770. The zero-order valence-corrected chi connectivity index (χ0v) is 12.9. The van der Waals surface area contributed by atoms with Crippen molar-refractivity contribution < 1.29 is 18.3 Å². The molecule has 0 unspecified atom stereocenters. The first-order valence-corrected chi connectivity index (χ1v) is 7.88. The van der Waals surface area contributed by atoms with Crippen molar-refractivity contribution in [1.29, 1.82) is 0 Å². The van der Waals surface area contributed by atoms with Gasteiger partial charge in [-0.2, -0.15) is 0 Å². The molecule has 1 aromatic heterocycles. The van der Waals surface area contributed by atoms with E-state index < -0.39 is 18.8 Å². The number of hydrogen-bond acceptors (Lipinski definition) is 6. The Hall–Kier alpha value is -1.67. The zero-order valence-electron chi connectivity index (χ0n) is 12.9. The molecule has 3 rings (SSSR count). The Bertz CT molecular complexity index is 528. The highest BCUT2D eigenvalue weighted by Gasteiger charge is 2.40. The van der Waals surface area contributed by atoms with Gasteiger partial charge in [0.05, 0.1) is 37.3 Å². The summed E-state index contributed by atoms with van der Waals surface area (Å²) in [7, 11) is 0. The molecule has 23 heavy (non-hydrogen) atoms. The first-order chi connectivity index (χ1) is 11.1. The predicted octanol–water partition coefficient (Wildman–Crippen LogP) is 2.44. The van der Waals surface area contributed by atoms with Gasteiger partial charge in [-0.25, -0.2) is 13.8 Å². The van der Waals surface area contributed by atoms with E-state index in [0.717, 1.165) is 25.7 Å². The van der Waals surface area contributed by atoms with Gasteiger partial charge in [0.25, 0.3) is 6.43 Å². The number of halogens is 2. The number of pyridine rings is 1. The van der Waals surface area contributed by atoms with Gasteiger partial charge in [0.1, 0.15) is 5.82 Å². The first kappa shape index (κ1) is 16.2. The molecule has 128 valence electrons. The van der Waals surface area contributed by atoms with Crippen LogP contribution in [-0.2, 0) is 9.47 Å². The second kappa shape index (κ2) is 6.84. The molecule has 1 aliphatic heterocycles. The number of nitrogens with two attached hydrogens (primary N) is 1. The molecule has 8 heteroatoms. The number of rotatable bonds is 5. The summed E-state index contributed by atoms with van der Waals surface area (Å²) in [6.07, 6.45) is 2.55. The lowest BCUT2D eigenvalue weighted by Gasteiger charge is -2.35. The third-order valence-corrected chi connectivity index (χ3v) is 4.29. The Morgan fingerprint density at radius 1 is 1.30 bits per heavy atom. The van der Waals surface area contributed by atoms with Crippen LogP contribution in [0.15, 0.2) is 12.3 Å². The molecule has 1 aliphatic carbocycles. The maximum Gasteiger partial charge on any atom is 0.255 e. The highest BCUT2D eigenvalue weighted by atomic mass is 19.3. The van der Waals surface area contributed by atoms with Crippen LogP contribution in [0.1, 0.15) is 25.7 Å². The molecule has 0 radical (unpaired) electrons. The van der Waals surface area contributed by atoms with Crippen molar-refractivity contribution in [2.45, 2.75) is 43.9 Å². The number of ether oxygens (including phenoxy) is 2. The Morgan fingerprint density at radius 3 is 2.65 bits per heavy atom. The SMILES string of the molecule is Nc1cnc(NC2CCC3(CC2)OCCO3)cc1NCC(F)F. The summed E-state index contributed by atoms with van der Waals surface area (Å²) in [4.78, 5) is 4.22. The number of aromatic nitrogens is 1. The average Bonchev–Trinajstić information content (AvgIpc) is 2.98. The zero-order chi connectivity index (χ0) is 16.3. The highest BCUT2D eigenvalue weighted by Crippen LogP contribution is 2.36. The molecule has 0 bridgehead atoms. The third-order valence-electron chi connectivity index (χ3n) is 4.29. The minimum atomic E-state index is -2.43. The predicted molar refractivity (Wildman–Crippen MR) is 83.7 cm³/mol. The standard InChI is InChI=1S/C15H22F2N4O2/c16-13(17)9-19-12-7-14(20-8-11(12)18)21-10-1-3-15(4-2-10)22-5-6-23-15/h7-8,10,13H,1-6,9,18H2,(H2,19,20,21). The third kappa shape index (κ3) is 4.00. The van der Waals surface area contributed by atoms with E-state index in [1.54, 1.807) is 6.07 Å². The number of hydrogen-bond donors (Lipinski definition) is 3. The van der Waals surface area contributed by atoms with Gasteiger partial charge < -0.3 is 25.8 Å². The molecule has 4 N–H and O–H groups in total. The monoisotopic (exact) mass is 328 g/mol. The summed E-state index contributed by atoms with van der Waals surface area (Å²) < 4.78 is 36.0. The number of nitrogens with zero attached hydrogens (tertiary/aromatic N) is 1. The summed E-state index contributed by atoms with van der Waals surface area (Å²) in [5, 5.41) is 5.97. The fourth-order valence-corrected chi connectivity index (χ4v) is 3.08. The van der Waals surface area contributed by atoms with Crippen LogP contribution < -0.4 is 16.4 Å². The molecule has 2 aliphatic rings. The molecule has 2 heterocycles. The fourth-order valence-electron chi connectivity index (χ4n) is 3.08. The van der Waals surface area contributed by atoms with Crippen LogP contribution >= 0.6 is 0 Å². The molecule has 0 amide bonds. The van der Waals surface area contributed by atoms with Crippen molar-refractivity contribution in [3.63, 3.8) is 0 Å². The lowest BCUT2D eigenvalue weighted by atomic mass is 9.90. The molecule has 0 aromatic carbocycles. The van der Waals surface area contributed by atoms with Gasteiger partial charge in [-0.15, -0.1) is 0 Å². The maximum absolute atomic E-state index is 12.3. The van der Waals surface area contributed by atoms with Crippen molar-refractivity contribution in [3.8, 4) is 0 Å². The van der Waals surface area contributed by atoms with Crippen LogP contribution in [0, 0.1) is 0 Å². The van der Waals surface area contributed by atoms with E-state index in [2.05, 4.69) is 15.6 Å². The van der Waals surface area contributed by atoms with Gasteiger partial charge in [0, 0.05) is 24.9 Å². The molecular weight excluding hydrogens is 306 g/mol. The molecule has 1 saturated heterocycles. The number of alkyl halides is 2. The number of anilines is 3. The summed E-state index contributed by atoms with van der Waals surface area (Å²) in [5.74, 6) is 0.238. The lowest BCUT2D eigenvalue weighted by Crippen LogP contribution is -2.39. The van der Waals surface area contributed by atoms with Crippen molar-refractivity contribution in [1.82, 2.24) is 4.98 Å². The smallest absolute Gasteiger partial charge is 0.255 e. The second-order valence-electron chi connectivity index (χ2n) is 5.95. The van der Waals surface area contributed by atoms with E-state index in [1.165, 1.54) is 6.20 Å². The summed E-state index contributed by atoms with van der Waals surface area (Å²) in [5.41, 5.74) is 6.58. The molecule has 0 atom stereocenters. The molecule has 1 saturated carbocycles. The van der Waals surface area contributed by atoms with Gasteiger partial charge in [-0.3, -0.25) is 0 Å². The van der Waals surface area contributed by atoms with Crippen LogP contribution in [-0.4, -0.2) is 43.0 Å². The van der Waals surface area contributed by atoms with E-state index in [-0.39, 0.29) is 6.04 Å². The Kier molecular flexibility index (Phi) is 4.82. The second-order valence-corrected chi connectivity index (χ2v) is 5.95. The summed E-state index contributed by atoms with van der Waals surface area (Å²) >= 11 is 0. The largest absolute Gasteiger partial charge is 0.396 e.